The van der Waals surface area contributed by atoms with Gasteiger partial charge in [-0.3, -0.25) is 0 Å². The third kappa shape index (κ3) is 3.29. The Kier molecular flexibility index (Phi) is 5.30. The second-order valence-electron chi connectivity index (χ2n) is 6.98. The molecule has 0 N–H and O–H groups in total. The molecule has 0 saturated heterocycles. The maximum absolute atomic E-state index is 15.1. The topological polar surface area (TPSA) is 12.5 Å². The summed E-state index contributed by atoms with van der Waals surface area (Å²) in [5.74, 6) is 0.236. The van der Waals surface area contributed by atoms with Crippen LogP contribution in [-0.4, -0.2) is 20.1 Å². The molecule has 4 rings (SSSR count). The number of hydrogen-bond donors (Lipinski definition) is 0. The van der Waals surface area contributed by atoms with Crippen LogP contribution in [0.15, 0.2) is 71.2 Å². The van der Waals surface area contributed by atoms with E-state index < -0.39 is 17.8 Å². The van der Waals surface area contributed by atoms with E-state index in [9.17, 15) is 4.39 Å². The Hall–Kier alpha value is -2.47. The van der Waals surface area contributed by atoms with E-state index >= 15 is 8.78 Å². The molecule has 150 valence electrons. The highest BCUT2D eigenvalue weighted by Crippen LogP contribution is 2.48. The summed E-state index contributed by atoms with van der Waals surface area (Å²) in [6.45, 7) is 0.367. The van der Waals surface area contributed by atoms with Crippen molar-refractivity contribution < 1.29 is 17.9 Å². The summed E-state index contributed by atoms with van der Waals surface area (Å²) in [6, 6.07) is 17.9. The molecule has 3 aromatic carbocycles. The normalized spacial score (nSPS) is 18.6. The van der Waals surface area contributed by atoms with Crippen molar-refractivity contribution in [1.82, 2.24) is 0 Å². The quantitative estimate of drug-likeness (QED) is 0.460. The van der Waals surface area contributed by atoms with Gasteiger partial charge in [0.05, 0.1) is 7.11 Å². The number of ether oxygens (including phenoxy) is 1. The number of alkyl halides is 2. The molecule has 0 aliphatic carbocycles. The van der Waals surface area contributed by atoms with Crippen molar-refractivity contribution in [2.24, 2.45) is 0 Å². The highest BCUT2D eigenvalue weighted by molar-refractivity contribution is 9.10. The zero-order valence-corrected chi connectivity index (χ0v) is 17.3. The zero-order valence-electron chi connectivity index (χ0n) is 15.7. The second kappa shape index (κ2) is 7.75. The SMILES string of the molecule is COc1ccc2c(c1)CCN(c1ccc(F)cc1)C2(c1ccc(Br)cc1)C(F)F. The van der Waals surface area contributed by atoms with E-state index in [4.69, 9.17) is 4.74 Å². The molecule has 1 heterocycles. The van der Waals surface area contributed by atoms with Gasteiger partial charge in [0.25, 0.3) is 6.43 Å². The van der Waals surface area contributed by atoms with Gasteiger partial charge >= 0.3 is 0 Å². The molecule has 0 bridgehead atoms. The maximum Gasteiger partial charge on any atom is 0.269 e. The van der Waals surface area contributed by atoms with Gasteiger partial charge in [0.15, 0.2) is 5.54 Å². The molecular formula is C23H19BrF3NO. The summed E-state index contributed by atoms with van der Waals surface area (Å²) in [5, 5.41) is 0. The van der Waals surface area contributed by atoms with Crippen LogP contribution in [0.3, 0.4) is 0 Å². The van der Waals surface area contributed by atoms with Crippen molar-refractivity contribution in [2.45, 2.75) is 18.4 Å². The van der Waals surface area contributed by atoms with Gasteiger partial charge in [0.2, 0.25) is 0 Å². The van der Waals surface area contributed by atoms with Gasteiger partial charge in [0.1, 0.15) is 11.6 Å². The fraction of sp³-hybridized carbons (Fsp3) is 0.217. The van der Waals surface area contributed by atoms with Crippen LogP contribution < -0.4 is 9.64 Å². The smallest absolute Gasteiger partial charge is 0.269 e. The van der Waals surface area contributed by atoms with Crippen LogP contribution in [0.1, 0.15) is 16.7 Å². The lowest BCUT2D eigenvalue weighted by Gasteiger charge is -2.49. The van der Waals surface area contributed by atoms with Gasteiger partial charge in [0, 0.05) is 16.7 Å². The molecular weight excluding hydrogens is 443 g/mol. The fourth-order valence-electron chi connectivity index (χ4n) is 4.16. The van der Waals surface area contributed by atoms with E-state index in [1.807, 2.05) is 6.07 Å². The number of rotatable bonds is 4. The second-order valence-corrected chi connectivity index (χ2v) is 7.89. The van der Waals surface area contributed by atoms with Crippen LogP contribution in [0.25, 0.3) is 0 Å². The molecule has 0 saturated carbocycles. The van der Waals surface area contributed by atoms with Gasteiger partial charge in [-0.2, -0.15) is 0 Å². The Labute approximate surface area is 176 Å². The van der Waals surface area contributed by atoms with Crippen molar-refractivity contribution >= 4 is 21.6 Å². The standard InChI is InChI=1S/C23H19BrF3NO/c1-29-20-10-11-21-15(14-20)12-13-28(19-8-6-18(25)7-9-19)23(21,22(26)27)16-2-4-17(24)5-3-16/h2-11,14,22H,12-13H2,1H3. The Balaban J connectivity index is 2.00. The van der Waals surface area contributed by atoms with Crippen LogP contribution >= 0.6 is 15.9 Å². The number of hydrogen-bond acceptors (Lipinski definition) is 2. The molecule has 0 fully saturated rings. The lowest BCUT2D eigenvalue weighted by atomic mass is 9.75. The Morgan fingerprint density at radius 1 is 1.00 bits per heavy atom. The Morgan fingerprint density at radius 3 is 2.31 bits per heavy atom. The average Bonchev–Trinajstić information content (AvgIpc) is 2.73. The average molecular weight is 462 g/mol. The molecule has 0 aromatic heterocycles. The summed E-state index contributed by atoms with van der Waals surface area (Å²) in [5.41, 5.74) is 0.692. The van der Waals surface area contributed by atoms with Crippen LogP contribution in [0.2, 0.25) is 0 Å². The van der Waals surface area contributed by atoms with Crippen molar-refractivity contribution in [3.63, 3.8) is 0 Å². The monoisotopic (exact) mass is 461 g/mol. The van der Waals surface area contributed by atoms with Gasteiger partial charge in [-0.15, -0.1) is 0 Å². The van der Waals surface area contributed by atoms with Crippen LogP contribution in [0.5, 0.6) is 5.75 Å². The molecule has 1 aliphatic heterocycles. The van der Waals surface area contributed by atoms with Gasteiger partial charge < -0.3 is 9.64 Å². The third-order valence-corrected chi connectivity index (χ3v) is 6.02. The first kappa shape index (κ1) is 19.8. The van der Waals surface area contributed by atoms with Crippen LogP contribution in [-0.2, 0) is 12.0 Å². The van der Waals surface area contributed by atoms with E-state index in [-0.39, 0.29) is 0 Å². The molecule has 0 spiro atoms. The van der Waals surface area contributed by atoms with Crippen molar-refractivity contribution in [3.8, 4) is 5.75 Å². The number of benzene rings is 3. The summed E-state index contributed by atoms with van der Waals surface area (Å²) >= 11 is 3.38. The van der Waals surface area contributed by atoms with Gasteiger partial charge in [-0.1, -0.05) is 34.1 Å². The molecule has 3 aromatic rings. The van der Waals surface area contributed by atoms with Gasteiger partial charge in [-0.25, -0.2) is 13.2 Å². The van der Waals surface area contributed by atoms with E-state index in [0.29, 0.717) is 35.5 Å². The minimum absolute atomic E-state index is 0.367. The van der Waals surface area contributed by atoms with E-state index in [2.05, 4.69) is 15.9 Å². The third-order valence-electron chi connectivity index (χ3n) is 5.49. The number of nitrogens with zero attached hydrogens (tertiary/aromatic N) is 1. The molecule has 2 nitrogen and oxygen atoms in total. The molecule has 0 amide bonds. The molecule has 1 atom stereocenters. The highest BCUT2D eigenvalue weighted by atomic mass is 79.9. The number of methoxy groups -OCH3 is 1. The first-order chi connectivity index (χ1) is 14.0. The first-order valence-corrected chi connectivity index (χ1v) is 10.0. The minimum atomic E-state index is -2.72. The minimum Gasteiger partial charge on any atom is -0.497 e. The summed E-state index contributed by atoms with van der Waals surface area (Å²) in [6.07, 6.45) is -2.14. The summed E-state index contributed by atoms with van der Waals surface area (Å²) in [7, 11) is 1.56. The molecule has 1 unspecified atom stereocenters. The summed E-state index contributed by atoms with van der Waals surface area (Å²) in [4.78, 5) is 1.69. The Morgan fingerprint density at radius 2 is 1.69 bits per heavy atom. The van der Waals surface area contributed by atoms with E-state index in [0.717, 1.165) is 10.0 Å². The lowest BCUT2D eigenvalue weighted by Crippen LogP contribution is -2.56. The van der Waals surface area contributed by atoms with Crippen molar-refractivity contribution in [2.75, 3.05) is 18.6 Å². The highest BCUT2D eigenvalue weighted by Gasteiger charge is 2.51. The van der Waals surface area contributed by atoms with E-state index in [1.165, 1.54) is 12.1 Å². The zero-order chi connectivity index (χ0) is 20.6. The summed E-state index contributed by atoms with van der Waals surface area (Å²) < 4.78 is 49.8. The van der Waals surface area contributed by atoms with Crippen LogP contribution in [0.4, 0.5) is 18.9 Å². The molecule has 0 radical (unpaired) electrons. The fourth-order valence-corrected chi connectivity index (χ4v) is 4.42. The number of fused-ring (bicyclic) bond motifs is 1. The van der Waals surface area contributed by atoms with Crippen LogP contribution in [0, 0.1) is 5.82 Å². The first-order valence-electron chi connectivity index (χ1n) is 9.21. The van der Waals surface area contributed by atoms with Crippen molar-refractivity contribution in [3.05, 3.63) is 93.7 Å². The molecule has 29 heavy (non-hydrogen) atoms. The predicted molar refractivity (Wildman–Crippen MR) is 111 cm³/mol. The molecule has 1 aliphatic rings. The largest absolute Gasteiger partial charge is 0.497 e. The molecule has 6 heteroatoms. The van der Waals surface area contributed by atoms with Crippen molar-refractivity contribution in [1.29, 1.82) is 0 Å². The maximum atomic E-state index is 15.1. The Bertz CT molecular complexity index is 1010. The van der Waals surface area contributed by atoms with Gasteiger partial charge in [-0.05, 0) is 71.6 Å². The predicted octanol–water partition coefficient (Wildman–Crippen LogP) is 6.17. The number of anilines is 1. The van der Waals surface area contributed by atoms with E-state index in [1.54, 1.807) is 60.5 Å². The number of halogens is 4. The lowest BCUT2D eigenvalue weighted by molar-refractivity contribution is 0.0653.